The molecule has 17 heavy (non-hydrogen) atoms. The third-order valence-electron chi connectivity index (χ3n) is 2.31. The average Bonchev–Trinajstić information content (AvgIpc) is 2.33. The lowest BCUT2D eigenvalue weighted by Crippen LogP contribution is -2.56. The van der Waals surface area contributed by atoms with Crippen molar-refractivity contribution in [2.75, 3.05) is 18.4 Å². The highest BCUT2D eigenvalue weighted by molar-refractivity contribution is 5.95. The van der Waals surface area contributed by atoms with Crippen LogP contribution in [0.5, 0.6) is 0 Å². The van der Waals surface area contributed by atoms with Crippen molar-refractivity contribution in [1.82, 2.24) is 15.6 Å². The smallest absolute Gasteiger partial charge is 0.244 e. The molecule has 1 aromatic heterocycles. The van der Waals surface area contributed by atoms with Crippen LogP contribution in [-0.2, 0) is 9.59 Å². The number of anilines is 1. The molecule has 3 N–H and O–H groups in total. The SMILES string of the molecule is O=C1CNC(C(=O)Nc2ccc(F)cn2)CN1. The lowest BCUT2D eigenvalue weighted by molar-refractivity contribution is -0.124. The summed E-state index contributed by atoms with van der Waals surface area (Å²) >= 11 is 0. The molecule has 0 spiro atoms. The molecule has 1 fully saturated rings. The van der Waals surface area contributed by atoms with Gasteiger partial charge in [0, 0.05) is 6.54 Å². The quantitative estimate of drug-likeness (QED) is 0.633. The topological polar surface area (TPSA) is 83.1 Å². The predicted molar refractivity (Wildman–Crippen MR) is 57.6 cm³/mol. The van der Waals surface area contributed by atoms with Gasteiger partial charge in [-0.05, 0) is 12.1 Å². The number of carbonyl (C=O) groups excluding carboxylic acids is 2. The molecule has 0 radical (unpaired) electrons. The van der Waals surface area contributed by atoms with E-state index in [1.165, 1.54) is 12.1 Å². The van der Waals surface area contributed by atoms with E-state index in [1.807, 2.05) is 0 Å². The second kappa shape index (κ2) is 4.88. The highest BCUT2D eigenvalue weighted by atomic mass is 19.1. The number of hydrogen-bond acceptors (Lipinski definition) is 4. The average molecular weight is 238 g/mol. The Morgan fingerprint density at radius 3 is 2.94 bits per heavy atom. The van der Waals surface area contributed by atoms with E-state index in [-0.39, 0.29) is 30.7 Å². The van der Waals surface area contributed by atoms with Gasteiger partial charge in [-0.15, -0.1) is 0 Å². The zero-order chi connectivity index (χ0) is 12.3. The van der Waals surface area contributed by atoms with Crippen molar-refractivity contribution >= 4 is 17.6 Å². The molecule has 1 atom stereocenters. The summed E-state index contributed by atoms with van der Waals surface area (Å²) in [5.41, 5.74) is 0. The molecular weight excluding hydrogens is 227 g/mol. The van der Waals surface area contributed by atoms with Gasteiger partial charge in [-0.1, -0.05) is 0 Å². The molecule has 0 aromatic carbocycles. The van der Waals surface area contributed by atoms with Crippen LogP contribution in [0.1, 0.15) is 0 Å². The van der Waals surface area contributed by atoms with E-state index in [0.717, 1.165) is 6.20 Å². The lowest BCUT2D eigenvalue weighted by Gasteiger charge is -2.22. The molecule has 7 heteroatoms. The van der Waals surface area contributed by atoms with Gasteiger partial charge in [-0.2, -0.15) is 0 Å². The van der Waals surface area contributed by atoms with Crippen molar-refractivity contribution < 1.29 is 14.0 Å². The Kier molecular flexibility index (Phi) is 3.29. The van der Waals surface area contributed by atoms with Crippen LogP contribution in [0.4, 0.5) is 10.2 Å². The van der Waals surface area contributed by atoms with Crippen LogP contribution in [0.3, 0.4) is 0 Å². The molecule has 90 valence electrons. The number of pyridine rings is 1. The third kappa shape index (κ3) is 2.97. The number of hydrogen-bond donors (Lipinski definition) is 3. The minimum atomic E-state index is -0.500. The summed E-state index contributed by atoms with van der Waals surface area (Å²) in [6.45, 7) is 0.334. The van der Waals surface area contributed by atoms with E-state index in [2.05, 4.69) is 20.9 Å². The van der Waals surface area contributed by atoms with Crippen molar-refractivity contribution in [2.24, 2.45) is 0 Å². The van der Waals surface area contributed by atoms with Crippen molar-refractivity contribution in [1.29, 1.82) is 0 Å². The van der Waals surface area contributed by atoms with E-state index in [1.54, 1.807) is 0 Å². The fraction of sp³-hybridized carbons (Fsp3) is 0.300. The highest BCUT2D eigenvalue weighted by Gasteiger charge is 2.23. The summed E-state index contributed by atoms with van der Waals surface area (Å²) in [4.78, 5) is 26.3. The molecule has 0 aliphatic carbocycles. The molecular formula is C10H11FN4O2. The largest absolute Gasteiger partial charge is 0.353 e. The van der Waals surface area contributed by atoms with Crippen LogP contribution in [0.2, 0.25) is 0 Å². The minimum Gasteiger partial charge on any atom is -0.353 e. The first kappa shape index (κ1) is 11.5. The van der Waals surface area contributed by atoms with Gasteiger partial charge in [-0.25, -0.2) is 9.37 Å². The molecule has 6 nitrogen and oxygen atoms in total. The number of rotatable bonds is 2. The van der Waals surface area contributed by atoms with Crippen LogP contribution < -0.4 is 16.0 Å². The maximum atomic E-state index is 12.6. The van der Waals surface area contributed by atoms with Crippen molar-refractivity contribution in [3.05, 3.63) is 24.1 Å². The van der Waals surface area contributed by atoms with Gasteiger partial charge < -0.3 is 10.6 Å². The highest BCUT2D eigenvalue weighted by Crippen LogP contribution is 2.04. The van der Waals surface area contributed by atoms with E-state index in [4.69, 9.17) is 0 Å². The van der Waals surface area contributed by atoms with E-state index in [0.29, 0.717) is 0 Å². The number of halogens is 1. The molecule has 1 aliphatic heterocycles. The number of piperazine rings is 1. The Morgan fingerprint density at radius 2 is 2.35 bits per heavy atom. The summed E-state index contributed by atoms with van der Waals surface area (Å²) in [6.07, 6.45) is 1.02. The normalized spacial score (nSPS) is 19.6. The molecule has 2 rings (SSSR count). The summed E-state index contributed by atoms with van der Waals surface area (Å²) in [6, 6.07) is 2.08. The van der Waals surface area contributed by atoms with Gasteiger partial charge >= 0.3 is 0 Å². The maximum Gasteiger partial charge on any atom is 0.244 e. The summed E-state index contributed by atoms with van der Waals surface area (Å²) < 4.78 is 12.6. The fourth-order valence-electron chi connectivity index (χ4n) is 1.41. The summed E-state index contributed by atoms with van der Waals surface area (Å²) in [5, 5.41) is 7.86. The zero-order valence-electron chi connectivity index (χ0n) is 8.87. The molecule has 2 heterocycles. The fourth-order valence-corrected chi connectivity index (χ4v) is 1.41. The molecule has 1 unspecified atom stereocenters. The molecule has 1 saturated heterocycles. The number of carbonyl (C=O) groups is 2. The summed E-state index contributed by atoms with van der Waals surface area (Å²) in [7, 11) is 0. The zero-order valence-corrected chi connectivity index (χ0v) is 8.87. The van der Waals surface area contributed by atoms with Crippen LogP contribution >= 0.6 is 0 Å². The first-order valence-corrected chi connectivity index (χ1v) is 5.07. The molecule has 2 amide bonds. The van der Waals surface area contributed by atoms with Crippen molar-refractivity contribution in [3.63, 3.8) is 0 Å². The second-order valence-corrected chi connectivity index (χ2v) is 3.59. The predicted octanol–water partition coefficient (Wildman–Crippen LogP) is -0.753. The van der Waals surface area contributed by atoms with Crippen LogP contribution in [0.25, 0.3) is 0 Å². The summed E-state index contributed by atoms with van der Waals surface area (Å²) in [5.74, 6) is -0.654. The Hall–Kier alpha value is -2.02. The van der Waals surface area contributed by atoms with Gasteiger partial charge in [0.1, 0.15) is 17.7 Å². The minimum absolute atomic E-state index is 0.106. The lowest BCUT2D eigenvalue weighted by atomic mass is 10.2. The van der Waals surface area contributed by atoms with E-state index < -0.39 is 11.9 Å². The van der Waals surface area contributed by atoms with Crippen molar-refractivity contribution in [3.8, 4) is 0 Å². The molecule has 1 aliphatic rings. The number of amides is 2. The number of nitrogens with zero attached hydrogens (tertiary/aromatic N) is 1. The third-order valence-corrected chi connectivity index (χ3v) is 2.31. The van der Waals surface area contributed by atoms with Crippen molar-refractivity contribution in [2.45, 2.75) is 6.04 Å². The molecule has 1 aromatic rings. The Morgan fingerprint density at radius 1 is 1.53 bits per heavy atom. The first-order valence-electron chi connectivity index (χ1n) is 5.07. The van der Waals surface area contributed by atoms with Crippen LogP contribution in [0, 0.1) is 5.82 Å². The second-order valence-electron chi connectivity index (χ2n) is 3.59. The van der Waals surface area contributed by atoms with Crippen LogP contribution in [0.15, 0.2) is 18.3 Å². The van der Waals surface area contributed by atoms with Gasteiger partial charge in [0.15, 0.2) is 0 Å². The Balaban J connectivity index is 1.92. The van der Waals surface area contributed by atoms with E-state index >= 15 is 0 Å². The monoisotopic (exact) mass is 238 g/mol. The van der Waals surface area contributed by atoms with Gasteiger partial charge in [-0.3, -0.25) is 14.9 Å². The number of nitrogens with one attached hydrogen (secondary N) is 3. The molecule has 0 bridgehead atoms. The first-order chi connectivity index (χ1) is 8.15. The van der Waals surface area contributed by atoms with Gasteiger partial charge in [0.05, 0.1) is 12.7 Å². The Labute approximate surface area is 96.6 Å². The van der Waals surface area contributed by atoms with E-state index in [9.17, 15) is 14.0 Å². The standard InChI is InChI=1S/C10H11FN4O2/c11-6-1-2-8(13-3-6)15-10(17)7-4-14-9(16)5-12-7/h1-3,7,12H,4-5H2,(H,14,16)(H,13,15,17). The van der Waals surface area contributed by atoms with Gasteiger partial charge in [0.2, 0.25) is 11.8 Å². The number of aromatic nitrogens is 1. The van der Waals surface area contributed by atoms with Gasteiger partial charge in [0.25, 0.3) is 0 Å². The Bertz CT molecular complexity index is 424. The maximum absolute atomic E-state index is 12.6. The molecule has 0 saturated carbocycles. The van der Waals surface area contributed by atoms with Crippen LogP contribution in [-0.4, -0.2) is 35.9 Å².